The zero-order chi connectivity index (χ0) is 15.1. The van der Waals surface area contributed by atoms with Gasteiger partial charge in [-0.1, -0.05) is 13.8 Å². The Bertz CT molecular complexity index is 713. The van der Waals surface area contributed by atoms with Crippen LogP contribution in [0.3, 0.4) is 0 Å². The highest BCUT2D eigenvalue weighted by atomic mass is 16.1. The van der Waals surface area contributed by atoms with Gasteiger partial charge in [-0.3, -0.25) is 14.3 Å². The molecule has 0 aliphatic carbocycles. The average molecular weight is 289 g/mol. The van der Waals surface area contributed by atoms with E-state index in [0.717, 1.165) is 32.0 Å². The number of hydrogen-bond acceptors (Lipinski definition) is 4. The van der Waals surface area contributed by atoms with Crippen molar-refractivity contribution < 1.29 is 0 Å². The monoisotopic (exact) mass is 289 g/mol. The quantitative estimate of drug-likeness (QED) is 0.862. The third-order valence-electron chi connectivity index (χ3n) is 3.91. The molecule has 2 aromatic rings. The zero-order valence-corrected chi connectivity index (χ0v) is 13.2. The fourth-order valence-corrected chi connectivity index (χ4v) is 2.99. The Balaban J connectivity index is 2.06. The van der Waals surface area contributed by atoms with Crippen LogP contribution < -0.4 is 5.56 Å². The van der Waals surface area contributed by atoms with Crippen LogP contribution in [0.15, 0.2) is 11.0 Å². The molecule has 6 heteroatoms. The van der Waals surface area contributed by atoms with Crippen LogP contribution in [0.4, 0.5) is 0 Å². The lowest BCUT2D eigenvalue weighted by molar-refractivity contribution is 0.191. The van der Waals surface area contributed by atoms with Crippen LogP contribution in [-0.2, 0) is 13.1 Å². The van der Waals surface area contributed by atoms with Gasteiger partial charge in [-0.25, -0.2) is 9.67 Å². The average Bonchev–Trinajstić information content (AvgIpc) is 2.82. The maximum absolute atomic E-state index is 12.6. The molecule has 0 aromatic carbocycles. The van der Waals surface area contributed by atoms with E-state index in [1.807, 2.05) is 9.25 Å². The SMILES string of the molecule is CC(C)CN1CCn2c(nc3c(cnn3C(C)C)c2=O)C1. The summed E-state index contributed by atoms with van der Waals surface area (Å²) in [4.78, 5) is 19.7. The summed E-state index contributed by atoms with van der Waals surface area (Å²) in [7, 11) is 0. The molecule has 0 spiro atoms. The molecule has 0 saturated carbocycles. The first-order valence-electron chi connectivity index (χ1n) is 7.66. The maximum atomic E-state index is 12.6. The minimum Gasteiger partial charge on any atom is -0.294 e. The van der Waals surface area contributed by atoms with Crippen LogP contribution in [0.5, 0.6) is 0 Å². The van der Waals surface area contributed by atoms with E-state index in [1.54, 1.807) is 6.20 Å². The first kappa shape index (κ1) is 14.3. The third kappa shape index (κ3) is 2.48. The summed E-state index contributed by atoms with van der Waals surface area (Å²) in [6.07, 6.45) is 1.65. The lowest BCUT2D eigenvalue weighted by atomic mass is 10.2. The molecule has 0 atom stereocenters. The third-order valence-corrected chi connectivity index (χ3v) is 3.91. The number of rotatable bonds is 3. The van der Waals surface area contributed by atoms with Gasteiger partial charge in [-0.05, 0) is 19.8 Å². The van der Waals surface area contributed by atoms with Crippen LogP contribution in [0, 0.1) is 5.92 Å². The second kappa shape index (κ2) is 5.26. The van der Waals surface area contributed by atoms with Crippen molar-refractivity contribution in [3.8, 4) is 0 Å². The molecule has 21 heavy (non-hydrogen) atoms. The minimum absolute atomic E-state index is 0.0473. The molecule has 2 aromatic heterocycles. The van der Waals surface area contributed by atoms with E-state index >= 15 is 0 Å². The smallest absolute Gasteiger partial charge is 0.264 e. The van der Waals surface area contributed by atoms with Crippen LogP contribution in [0.25, 0.3) is 11.0 Å². The molecule has 0 unspecified atom stereocenters. The van der Waals surface area contributed by atoms with Crippen molar-refractivity contribution in [1.82, 2.24) is 24.2 Å². The van der Waals surface area contributed by atoms with Crippen LogP contribution >= 0.6 is 0 Å². The molecule has 6 nitrogen and oxygen atoms in total. The van der Waals surface area contributed by atoms with E-state index in [-0.39, 0.29) is 11.6 Å². The second-order valence-electron chi connectivity index (χ2n) is 6.53. The van der Waals surface area contributed by atoms with E-state index < -0.39 is 0 Å². The lowest BCUT2D eigenvalue weighted by Crippen LogP contribution is -2.41. The molecule has 0 radical (unpaired) electrons. The van der Waals surface area contributed by atoms with Crippen molar-refractivity contribution in [3.63, 3.8) is 0 Å². The lowest BCUT2D eigenvalue weighted by Gasteiger charge is -2.30. The highest BCUT2D eigenvalue weighted by Crippen LogP contribution is 2.16. The van der Waals surface area contributed by atoms with Crippen LogP contribution in [0.2, 0.25) is 0 Å². The highest BCUT2D eigenvalue weighted by molar-refractivity contribution is 5.73. The summed E-state index contributed by atoms with van der Waals surface area (Å²) in [5.41, 5.74) is 0.763. The Morgan fingerprint density at radius 1 is 1.24 bits per heavy atom. The fraction of sp³-hybridized carbons (Fsp3) is 0.667. The van der Waals surface area contributed by atoms with Gasteiger partial charge in [0.25, 0.3) is 5.56 Å². The molecule has 3 rings (SSSR count). The zero-order valence-electron chi connectivity index (χ0n) is 13.2. The standard InChI is InChI=1S/C15H23N5O/c1-10(2)8-18-5-6-19-13(9-18)17-14-12(15(19)21)7-16-20(14)11(3)4/h7,10-11H,5-6,8-9H2,1-4H3. The molecular formula is C15H23N5O. The summed E-state index contributed by atoms with van der Waals surface area (Å²) in [6.45, 7) is 11.9. The van der Waals surface area contributed by atoms with Crippen molar-refractivity contribution >= 4 is 11.0 Å². The summed E-state index contributed by atoms with van der Waals surface area (Å²) in [6, 6.07) is 0.202. The van der Waals surface area contributed by atoms with Gasteiger partial charge >= 0.3 is 0 Å². The topological polar surface area (TPSA) is 56.0 Å². The second-order valence-corrected chi connectivity index (χ2v) is 6.53. The predicted molar refractivity (Wildman–Crippen MR) is 82.3 cm³/mol. The molecule has 0 bridgehead atoms. The van der Waals surface area contributed by atoms with E-state index in [2.05, 4.69) is 37.7 Å². The van der Waals surface area contributed by atoms with Crippen molar-refractivity contribution in [2.24, 2.45) is 5.92 Å². The van der Waals surface area contributed by atoms with Gasteiger partial charge in [0.15, 0.2) is 5.65 Å². The number of nitrogens with zero attached hydrogens (tertiary/aromatic N) is 5. The molecule has 0 N–H and O–H groups in total. The van der Waals surface area contributed by atoms with E-state index in [4.69, 9.17) is 4.98 Å². The Morgan fingerprint density at radius 3 is 2.67 bits per heavy atom. The van der Waals surface area contributed by atoms with Gasteiger partial charge in [0.1, 0.15) is 11.2 Å². The van der Waals surface area contributed by atoms with Gasteiger partial charge in [0.2, 0.25) is 0 Å². The molecule has 0 saturated heterocycles. The molecule has 3 heterocycles. The normalized spacial score (nSPS) is 16.1. The maximum Gasteiger partial charge on any atom is 0.264 e. The van der Waals surface area contributed by atoms with E-state index in [1.165, 1.54) is 0 Å². The first-order chi connectivity index (χ1) is 9.97. The van der Waals surface area contributed by atoms with Gasteiger partial charge in [-0.2, -0.15) is 5.10 Å². The predicted octanol–water partition coefficient (Wildman–Crippen LogP) is 1.65. The van der Waals surface area contributed by atoms with Gasteiger partial charge < -0.3 is 0 Å². The van der Waals surface area contributed by atoms with E-state index in [9.17, 15) is 4.79 Å². The Morgan fingerprint density at radius 2 is 2.00 bits per heavy atom. The summed E-state index contributed by atoms with van der Waals surface area (Å²) >= 11 is 0. The molecule has 0 fully saturated rings. The number of aromatic nitrogens is 4. The van der Waals surface area contributed by atoms with Crippen LogP contribution in [-0.4, -0.2) is 37.3 Å². The van der Waals surface area contributed by atoms with Crippen molar-refractivity contribution in [3.05, 3.63) is 22.4 Å². The largest absolute Gasteiger partial charge is 0.294 e. The number of fused-ring (bicyclic) bond motifs is 2. The Hall–Kier alpha value is -1.69. The van der Waals surface area contributed by atoms with Crippen LogP contribution in [0.1, 0.15) is 39.6 Å². The summed E-state index contributed by atoms with van der Waals surface area (Å²) < 4.78 is 3.64. The Labute approximate surface area is 124 Å². The van der Waals surface area contributed by atoms with Gasteiger partial charge in [0.05, 0.1) is 12.7 Å². The fourth-order valence-electron chi connectivity index (χ4n) is 2.99. The molecule has 1 aliphatic rings. The van der Waals surface area contributed by atoms with Crippen molar-refractivity contribution in [2.45, 2.75) is 46.8 Å². The van der Waals surface area contributed by atoms with Crippen molar-refractivity contribution in [2.75, 3.05) is 13.1 Å². The van der Waals surface area contributed by atoms with Crippen molar-refractivity contribution in [1.29, 1.82) is 0 Å². The molecule has 114 valence electrons. The van der Waals surface area contributed by atoms with Gasteiger partial charge in [-0.15, -0.1) is 0 Å². The van der Waals surface area contributed by atoms with E-state index in [0.29, 0.717) is 17.0 Å². The van der Waals surface area contributed by atoms with Gasteiger partial charge in [0, 0.05) is 25.7 Å². The molecular weight excluding hydrogens is 266 g/mol. The summed E-state index contributed by atoms with van der Waals surface area (Å²) in [5, 5.41) is 4.95. The number of hydrogen-bond donors (Lipinski definition) is 0. The minimum atomic E-state index is 0.0473. The molecule has 1 aliphatic heterocycles. The Kier molecular flexibility index (Phi) is 3.57. The highest BCUT2D eigenvalue weighted by Gasteiger charge is 2.22. The molecule has 0 amide bonds. The first-order valence-corrected chi connectivity index (χ1v) is 7.66. The summed E-state index contributed by atoms with van der Waals surface area (Å²) in [5.74, 6) is 1.48.